The molecule has 0 aromatic heterocycles. The lowest BCUT2D eigenvalue weighted by atomic mass is 10.4. The van der Waals surface area contributed by atoms with Crippen LogP contribution in [0.25, 0.3) is 0 Å². The zero-order valence-corrected chi connectivity index (χ0v) is 18.5. The summed E-state index contributed by atoms with van der Waals surface area (Å²) in [6, 6.07) is 34.0. The smallest absolute Gasteiger partial charge is 0.171 e. The summed E-state index contributed by atoms with van der Waals surface area (Å²) in [5.41, 5.74) is 0. The minimum atomic E-state index is -1.84. The Balaban J connectivity index is 2.06. The van der Waals surface area contributed by atoms with Gasteiger partial charge in [-0.3, -0.25) is 0 Å². The van der Waals surface area contributed by atoms with Crippen molar-refractivity contribution < 1.29 is 4.74 Å². The molecule has 0 atom stereocenters. The predicted molar refractivity (Wildman–Crippen MR) is 124 cm³/mol. The molecule has 0 saturated carbocycles. The number of benzene rings is 3. The van der Waals surface area contributed by atoms with E-state index in [9.17, 15) is 0 Å². The van der Waals surface area contributed by atoms with E-state index in [0.29, 0.717) is 0 Å². The Morgan fingerprint density at radius 2 is 1.00 bits per heavy atom. The molecule has 3 rings (SSSR count). The van der Waals surface area contributed by atoms with Gasteiger partial charge in [-0.25, -0.2) is 0 Å². The molecule has 1 nitrogen and oxygen atoms in total. The molecular weight excluding hydrogens is 363 g/mol. The van der Waals surface area contributed by atoms with Crippen molar-refractivity contribution >= 4 is 31.2 Å². The van der Waals surface area contributed by atoms with Crippen LogP contribution in [-0.4, -0.2) is 21.0 Å². The summed E-state index contributed by atoms with van der Waals surface area (Å²) in [6.07, 6.45) is 0.759. The van der Waals surface area contributed by atoms with E-state index in [4.69, 9.17) is 4.74 Å². The van der Waals surface area contributed by atoms with Gasteiger partial charge in [-0.15, -0.1) is 0 Å². The van der Waals surface area contributed by atoms with Gasteiger partial charge in [0.15, 0.2) is 6.35 Å². The molecule has 0 radical (unpaired) electrons. The van der Waals surface area contributed by atoms with Crippen molar-refractivity contribution in [2.45, 2.75) is 25.7 Å². The lowest BCUT2D eigenvalue weighted by Gasteiger charge is -2.27. The lowest BCUT2D eigenvalue weighted by molar-refractivity contribution is 0.195. The standard InChI is InChI=1S/C24H30OPSi/c1-27(2,3)20-19-25-21-26(22-13-7-4-8-14-22,23-15-9-5-10-16-23)24-17-11-6-12-18-24/h4-18H,19-21H2,1-3H3/q+1. The van der Waals surface area contributed by atoms with Crippen molar-refractivity contribution in [2.75, 3.05) is 13.0 Å². The van der Waals surface area contributed by atoms with E-state index >= 15 is 0 Å². The van der Waals surface area contributed by atoms with E-state index in [1.165, 1.54) is 22.0 Å². The van der Waals surface area contributed by atoms with Crippen molar-refractivity contribution in [1.82, 2.24) is 0 Å². The van der Waals surface area contributed by atoms with Crippen LogP contribution in [0.15, 0.2) is 91.0 Å². The number of ether oxygens (including phenoxy) is 1. The van der Waals surface area contributed by atoms with Gasteiger partial charge in [0.1, 0.15) is 23.2 Å². The van der Waals surface area contributed by atoms with Gasteiger partial charge in [-0.1, -0.05) is 74.2 Å². The van der Waals surface area contributed by atoms with Gasteiger partial charge in [0.25, 0.3) is 0 Å². The third-order valence-electron chi connectivity index (χ3n) is 4.87. The number of rotatable bonds is 8. The highest BCUT2D eigenvalue weighted by molar-refractivity contribution is 7.95. The molecule has 0 fully saturated rings. The molecule has 3 heteroatoms. The van der Waals surface area contributed by atoms with Crippen LogP contribution in [0.4, 0.5) is 0 Å². The van der Waals surface area contributed by atoms with Crippen LogP contribution in [0, 0.1) is 0 Å². The maximum absolute atomic E-state index is 6.42. The van der Waals surface area contributed by atoms with Gasteiger partial charge in [0.05, 0.1) is 0 Å². The Bertz CT molecular complexity index is 717. The molecule has 0 saturated heterocycles. The Morgan fingerprint density at radius 3 is 1.33 bits per heavy atom. The lowest BCUT2D eigenvalue weighted by Crippen LogP contribution is -2.34. The van der Waals surface area contributed by atoms with E-state index in [-0.39, 0.29) is 0 Å². The fourth-order valence-corrected chi connectivity index (χ4v) is 7.84. The third-order valence-corrected chi connectivity index (χ3v) is 10.7. The van der Waals surface area contributed by atoms with Crippen molar-refractivity contribution in [3.63, 3.8) is 0 Å². The monoisotopic (exact) mass is 393 g/mol. The van der Waals surface area contributed by atoms with Gasteiger partial charge in [-0.05, 0) is 42.4 Å². The fraction of sp³-hybridized carbons (Fsp3) is 0.250. The molecule has 0 N–H and O–H groups in total. The first-order chi connectivity index (χ1) is 13.0. The molecular formula is C24H30OPSi+. The topological polar surface area (TPSA) is 9.23 Å². The van der Waals surface area contributed by atoms with Crippen LogP contribution in [0.2, 0.25) is 25.7 Å². The highest BCUT2D eigenvalue weighted by Gasteiger charge is 2.45. The molecule has 0 aliphatic rings. The van der Waals surface area contributed by atoms with E-state index in [2.05, 4.69) is 111 Å². The van der Waals surface area contributed by atoms with Crippen molar-refractivity contribution in [2.24, 2.45) is 0 Å². The summed E-state index contributed by atoms with van der Waals surface area (Å²) in [5.74, 6) is 0. The molecule has 0 amide bonds. The zero-order chi connectivity index (χ0) is 19.2. The zero-order valence-electron chi connectivity index (χ0n) is 16.6. The molecule has 0 aliphatic carbocycles. The molecule has 0 unspecified atom stereocenters. The van der Waals surface area contributed by atoms with Gasteiger partial charge < -0.3 is 4.74 Å². The number of hydrogen-bond donors (Lipinski definition) is 0. The minimum absolute atomic E-state index is 0.759. The quantitative estimate of drug-likeness (QED) is 0.287. The first-order valence-corrected chi connectivity index (χ1v) is 15.3. The SMILES string of the molecule is C[Si](C)(C)CCOC[P+](c1ccccc1)(c1ccccc1)c1ccccc1. The second-order valence-electron chi connectivity index (χ2n) is 8.16. The summed E-state index contributed by atoms with van der Waals surface area (Å²) in [7, 11) is -2.95. The number of hydrogen-bond acceptors (Lipinski definition) is 1. The fourth-order valence-electron chi connectivity index (χ4n) is 3.30. The normalized spacial score (nSPS) is 12.1. The van der Waals surface area contributed by atoms with Gasteiger partial charge >= 0.3 is 0 Å². The molecule has 0 aliphatic heterocycles. The van der Waals surface area contributed by atoms with Crippen LogP contribution >= 0.6 is 7.26 Å². The summed E-state index contributed by atoms with van der Waals surface area (Å²) >= 11 is 0. The largest absolute Gasteiger partial charge is 0.345 e. The van der Waals surface area contributed by atoms with Crippen LogP contribution < -0.4 is 15.9 Å². The summed E-state index contributed by atoms with van der Waals surface area (Å²) in [4.78, 5) is 0. The van der Waals surface area contributed by atoms with Crippen molar-refractivity contribution in [1.29, 1.82) is 0 Å². The van der Waals surface area contributed by atoms with Crippen LogP contribution in [0.3, 0.4) is 0 Å². The first-order valence-electron chi connectivity index (χ1n) is 9.65. The maximum Gasteiger partial charge on any atom is 0.171 e. The molecule has 0 spiro atoms. The Kier molecular flexibility index (Phi) is 6.65. The van der Waals surface area contributed by atoms with Crippen LogP contribution in [0.1, 0.15) is 0 Å². The van der Waals surface area contributed by atoms with E-state index < -0.39 is 15.3 Å². The highest BCUT2D eigenvalue weighted by Crippen LogP contribution is 2.55. The summed E-state index contributed by atoms with van der Waals surface area (Å²) in [6.45, 7) is 8.07. The van der Waals surface area contributed by atoms with E-state index in [1.807, 2.05) is 0 Å². The summed E-state index contributed by atoms with van der Waals surface area (Å²) in [5, 5.41) is 4.15. The van der Waals surface area contributed by atoms with Crippen LogP contribution in [-0.2, 0) is 4.74 Å². The van der Waals surface area contributed by atoms with E-state index in [0.717, 1.165) is 13.0 Å². The van der Waals surface area contributed by atoms with E-state index in [1.54, 1.807) is 0 Å². The Morgan fingerprint density at radius 1 is 0.630 bits per heavy atom. The second kappa shape index (κ2) is 8.97. The molecule has 0 bridgehead atoms. The van der Waals surface area contributed by atoms with Crippen molar-refractivity contribution in [3.8, 4) is 0 Å². The maximum atomic E-state index is 6.42. The van der Waals surface area contributed by atoms with Gasteiger partial charge in [0, 0.05) is 14.7 Å². The predicted octanol–water partition coefficient (Wildman–Crippen LogP) is 5.29. The average Bonchev–Trinajstić information content (AvgIpc) is 2.70. The average molecular weight is 394 g/mol. The third kappa shape index (κ3) is 4.96. The Labute approximate surface area is 165 Å². The molecule has 3 aromatic carbocycles. The van der Waals surface area contributed by atoms with Crippen LogP contribution in [0.5, 0.6) is 0 Å². The molecule has 3 aromatic rings. The van der Waals surface area contributed by atoms with Crippen molar-refractivity contribution in [3.05, 3.63) is 91.0 Å². The highest BCUT2D eigenvalue weighted by atomic mass is 31.2. The van der Waals surface area contributed by atoms with Gasteiger partial charge in [0.2, 0.25) is 0 Å². The minimum Gasteiger partial charge on any atom is -0.345 e. The van der Waals surface area contributed by atoms with Gasteiger partial charge in [-0.2, -0.15) is 0 Å². The second-order valence-corrected chi connectivity index (χ2v) is 17.2. The first kappa shape index (κ1) is 20.0. The molecule has 140 valence electrons. The molecule has 27 heavy (non-hydrogen) atoms. The molecule has 0 heterocycles. The summed E-state index contributed by atoms with van der Waals surface area (Å²) < 4.78 is 6.42. The Hall–Kier alpha value is -1.73.